The molecule has 0 bridgehead atoms. The lowest BCUT2D eigenvalue weighted by Gasteiger charge is -2.30. The number of hydrogen-bond acceptors (Lipinski definition) is 15. The van der Waals surface area contributed by atoms with Crippen LogP contribution in [0.5, 0.6) is 5.75 Å². The number of aliphatic hydroxyl groups excluding tert-OH is 1. The van der Waals surface area contributed by atoms with Gasteiger partial charge in [0.05, 0.1) is 25.0 Å². The summed E-state index contributed by atoms with van der Waals surface area (Å²) in [6, 6.07) is 10.5. The van der Waals surface area contributed by atoms with Gasteiger partial charge in [-0.2, -0.15) is 0 Å². The first kappa shape index (κ1) is 73.8. The Morgan fingerprint density at radius 2 is 1.32 bits per heavy atom. The van der Waals surface area contributed by atoms with Crippen LogP contribution in [0.25, 0.3) is 10.9 Å². The fraction of sp³-hybridized carbons (Fsp3) is 0.448. The molecule has 3 aromatic carbocycles. The van der Waals surface area contributed by atoms with Crippen LogP contribution in [0, 0.1) is 5.92 Å². The lowest BCUT2D eigenvalue weighted by molar-refractivity contribution is -0.142. The van der Waals surface area contributed by atoms with E-state index in [4.69, 9.17) is 11.5 Å². The maximum absolute atomic E-state index is 15.1. The Kier molecular flexibility index (Phi) is 27.2. The van der Waals surface area contributed by atoms with Crippen molar-refractivity contribution >= 4 is 75.9 Å². The van der Waals surface area contributed by atoms with Crippen molar-refractivity contribution in [2.24, 2.45) is 22.4 Å². The lowest BCUT2D eigenvalue weighted by atomic mass is 10.0. The monoisotopic (exact) mass is 1340 g/mol. The van der Waals surface area contributed by atoms with Gasteiger partial charge in [0.15, 0.2) is 5.96 Å². The number of carbonyl (C=O) groups is 10. The highest BCUT2D eigenvalue weighted by Crippen LogP contribution is 2.23. The average molecular weight is 1340 g/mol. The molecule has 3 aromatic heterocycles. The Morgan fingerprint density at radius 1 is 0.701 bits per heavy atom. The molecule has 2 saturated heterocycles. The van der Waals surface area contributed by atoms with Crippen molar-refractivity contribution in [2.75, 3.05) is 26.2 Å². The van der Waals surface area contributed by atoms with E-state index in [1.165, 1.54) is 41.7 Å². The molecule has 8 rings (SSSR count). The van der Waals surface area contributed by atoms with E-state index in [0.717, 1.165) is 5.56 Å². The van der Waals surface area contributed by atoms with Gasteiger partial charge in [-0.25, -0.2) is 9.97 Å². The highest BCUT2D eigenvalue weighted by Gasteiger charge is 2.40. The van der Waals surface area contributed by atoms with Crippen LogP contribution in [-0.2, 0) is 80.2 Å². The molecule has 30 heteroatoms. The van der Waals surface area contributed by atoms with E-state index in [9.17, 15) is 48.6 Å². The zero-order chi connectivity index (χ0) is 68.8. The number of aliphatic imine (C=N–C) groups is 1. The minimum absolute atomic E-state index is 0. The zero-order valence-electron chi connectivity index (χ0n) is 53.8. The highest BCUT2D eigenvalue weighted by molar-refractivity contribution is 5.99. The third-order valence-corrected chi connectivity index (χ3v) is 16.5. The Labute approximate surface area is 561 Å². The minimum atomic E-state index is -1.79. The van der Waals surface area contributed by atoms with Gasteiger partial charge in [0, 0.05) is 93.5 Å². The number of guanidine groups is 1. The topological polar surface area (TPSA) is 449 Å². The quantitative estimate of drug-likeness (QED) is 0.0139. The summed E-state index contributed by atoms with van der Waals surface area (Å²) in [4.78, 5) is 162. The first-order valence-corrected chi connectivity index (χ1v) is 32.2. The van der Waals surface area contributed by atoms with Crippen LogP contribution in [0.3, 0.4) is 0 Å². The Bertz CT molecular complexity index is 3680. The van der Waals surface area contributed by atoms with E-state index in [-0.39, 0.29) is 108 Å². The number of hydrogen-bond donors (Lipinski definition) is 15. The standard InChI is InChI=1S/C66H86N18O12.CH4/c1-4-70-64(95)55-17-11-25-84(55)65(96)48(16-10-24-71-66(67)68)76-58(89)49(26-38(2)3)77-62(93)53(30-43-34-83(37-74-43)33-40-12-6-5-7-13-40)81-59(90)50(27-39-18-20-44(86)21-19-39)78-63(94)54(35-85)82-60(91)51(28-41-31-72-46-15-9-8-14-45(41)46)79-61(92)52(29-42-32-69-36-73-42)80-57(88)47-22-23-56(87)75-47;/h5-9,12-15,18-21,31-32,34,36-38,47-55,72,85-86H,4,10-11,16-17,22-30,33,35H2,1-3H3,(H,69,73)(H,70,95)(H,75,87)(H,76,89)(H,77,93)(H,78,94)(H,79,92)(H,80,88)(H,81,90)(H,82,91)(H4,67,68,71);1H4. The van der Waals surface area contributed by atoms with E-state index in [0.29, 0.717) is 59.3 Å². The average Bonchev–Trinajstić information content (AvgIpc) is 1.77. The second kappa shape index (κ2) is 35.7. The maximum atomic E-state index is 15.1. The summed E-state index contributed by atoms with van der Waals surface area (Å²) < 4.78 is 1.78. The molecule has 6 aromatic rings. The smallest absolute Gasteiger partial charge is 0.245 e. The second-order valence-corrected chi connectivity index (χ2v) is 24.4. The Hall–Kier alpha value is -10.7. The fourth-order valence-electron chi connectivity index (χ4n) is 11.6. The third kappa shape index (κ3) is 21.4. The summed E-state index contributed by atoms with van der Waals surface area (Å²) in [5.74, 6) is -7.72. The van der Waals surface area contributed by atoms with Gasteiger partial charge < -0.3 is 89.0 Å². The number of fused-ring (bicyclic) bond motifs is 1. The van der Waals surface area contributed by atoms with E-state index >= 15 is 9.59 Å². The van der Waals surface area contributed by atoms with Crippen molar-refractivity contribution in [1.29, 1.82) is 0 Å². The van der Waals surface area contributed by atoms with Crippen LogP contribution in [0.1, 0.15) is 101 Å². The normalized spacial score (nSPS) is 16.4. The molecule has 5 heterocycles. The highest BCUT2D eigenvalue weighted by atomic mass is 16.3. The maximum Gasteiger partial charge on any atom is 0.245 e. The molecule has 0 spiro atoms. The molecule has 2 aliphatic heterocycles. The number of rotatable bonds is 34. The van der Waals surface area contributed by atoms with Gasteiger partial charge in [-0.15, -0.1) is 0 Å². The zero-order valence-corrected chi connectivity index (χ0v) is 53.8. The number of aromatic nitrogens is 5. The van der Waals surface area contributed by atoms with E-state index in [1.54, 1.807) is 48.4 Å². The van der Waals surface area contributed by atoms with Gasteiger partial charge in [0.25, 0.3) is 0 Å². The first-order valence-electron chi connectivity index (χ1n) is 32.2. The molecule has 0 saturated carbocycles. The van der Waals surface area contributed by atoms with E-state index in [1.807, 2.05) is 50.2 Å². The third-order valence-electron chi connectivity index (χ3n) is 16.5. The number of benzene rings is 3. The summed E-state index contributed by atoms with van der Waals surface area (Å²) in [6.45, 7) is 5.50. The Morgan fingerprint density at radius 3 is 1.96 bits per heavy atom. The number of para-hydroxylation sites is 1. The number of H-pyrrole nitrogens is 2. The number of aliphatic hydroxyl groups is 1. The number of nitrogens with two attached hydrogens (primary N) is 2. The van der Waals surface area contributed by atoms with Crippen molar-refractivity contribution in [3.8, 4) is 5.75 Å². The van der Waals surface area contributed by atoms with E-state index in [2.05, 4.69) is 72.8 Å². The van der Waals surface area contributed by atoms with Crippen LogP contribution >= 0.6 is 0 Å². The molecule has 2 aliphatic rings. The Balaban J connectivity index is 0.0000133. The van der Waals surface area contributed by atoms with Gasteiger partial charge in [-0.1, -0.05) is 81.9 Å². The number of likely N-dealkylation sites (N-methyl/N-ethyl adjacent to an activating group) is 1. The van der Waals surface area contributed by atoms with Gasteiger partial charge >= 0.3 is 0 Å². The van der Waals surface area contributed by atoms with Crippen molar-refractivity contribution in [3.63, 3.8) is 0 Å². The van der Waals surface area contributed by atoms with Crippen molar-refractivity contribution in [2.45, 2.75) is 160 Å². The number of nitrogens with zero attached hydrogens (tertiary/aromatic N) is 5. The van der Waals surface area contributed by atoms with Crippen LogP contribution in [0.15, 0.2) is 115 Å². The number of phenolic OH excluding ortho intramolecular Hbond substituents is 1. The van der Waals surface area contributed by atoms with Crippen LogP contribution in [0.4, 0.5) is 0 Å². The minimum Gasteiger partial charge on any atom is -0.508 e. The molecule has 0 aliphatic carbocycles. The number of phenols is 1. The summed E-state index contributed by atoms with van der Waals surface area (Å²) in [5.41, 5.74) is 14.6. The molecular formula is C67H90N18O12. The predicted octanol–water partition coefficient (Wildman–Crippen LogP) is -0.361. The number of nitrogens with one attached hydrogen (secondary N) is 11. The molecule has 520 valence electrons. The molecule has 0 radical (unpaired) electrons. The number of aromatic amines is 2. The summed E-state index contributed by atoms with van der Waals surface area (Å²) in [7, 11) is 0. The fourth-order valence-corrected chi connectivity index (χ4v) is 11.6. The molecule has 30 nitrogen and oxygen atoms in total. The molecule has 9 atom stereocenters. The van der Waals surface area contributed by atoms with Gasteiger partial charge in [-0.05, 0) is 86.3 Å². The van der Waals surface area contributed by atoms with Crippen molar-refractivity contribution in [1.82, 2.24) is 77.3 Å². The van der Waals surface area contributed by atoms with Crippen LogP contribution < -0.4 is 59.3 Å². The van der Waals surface area contributed by atoms with Crippen LogP contribution in [-0.4, -0.2) is 185 Å². The number of carbonyl (C=O) groups excluding carboxylic acids is 10. The summed E-state index contributed by atoms with van der Waals surface area (Å²) in [5, 5.41) is 46.3. The number of likely N-dealkylation sites (tertiary alicyclic amines) is 1. The molecule has 17 N–H and O–H groups in total. The van der Waals surface area contributed by atoms with Crippen molar-refractivity contribution < 1.29 is 58.2 Å². The lowest BCUT2D eigenvalue weighted by Crippen LogP contribution is -2.61. The SMILES string of the molecule is C.CCNC(=O)C1CCCN1C(=O)C(CCCN=C(N)N)NC(=O)C(CC(C)C)NC(=O)C(Cc1cn(Cc2ccccc2)cn1)NC(=O)C(Cc1ccc(O)cc1)NC(=O)C(CO)NC(=O)C(Cc1c[nH]c2ccccc12)NC(=O)C(Cc1cnc[nH]1)NC(=O)C1CCC(=O)N1. The molecule has 2 fully saturated rings. The largest absolute Gasteiger partial charge is 0.508 e. The molecule has 10 amide bonds. The van der Waals surface area contributed by atoms with Gasteiger partial charge in [0.2, 0.25) is 59.1 Å². The predicted molar refractivity (Wildman–Crippen MR) is 359 cm³/mol. The second-order valence-electron chi connectivity index (χ2n) is 24.4. The molecule has 9 unspecified atom stereocenters. The van der Waals surface area contributed by atoms with Gasteiger partial charge in [0.1, 0.15) is 60.1 Å². The van der Waals surface area contributed by atoms with Crippen molar-refractivity contribution in [3.05, 3.63) is 138 Å². The number of aromatic hydroxyl groups is 1. The summed E-state index contributed by atoms with van der Waals surface area (Å²) >= 11 is 0. The van der Waals surface area contributed by atoms with E-state index < -0.39 is 108 Å². The first-order chi connectivity index (χ1) is 46.1. The van der Waals surface area contributed by atoms with Gasteiger partial charge in [-0.3, -0.25) is 52.9 Å². The summed E-state index contributed by atoms with van der Waals surface area (Å²) in [6.07, 6.45) is 8.49. The molecular weight excluding hydrogens is 1250 g/mol. The van der Waals surface area contributed by atoms with Crippen LogP contribution in [0.2, 0.25) is 0 Å². The number of imidazole rings is 2. The molecule has 97 heavy (non-hydrogen) atoms. The number of amides is 10.